The van der Waals surface area contributed by atoms with E-state index in [1.165, 1.54) is 29.6 Å². The lowest BCUT2D eigenvalue weighted by molar-refractivity contribution is -0.192. The second-order valence-electron chi connectivity index (χ2n) is 7.23. The van der Waals surface area contributed by atoms with Crippen molar-refractivity contribution in [1.29, 1.82) is 0 Å². The number of hydrogen-bond acceptors (Lipinski definition) is 8. The molecule has 4 aromatic rings. The second kappa shape index (κ2) is 10.4. The van der Waals surface area contributed by atoms with Gasteiger partial charge in [0.2, 0.25) is 5.13 Å². The van der Waals surface area contributed by atoms with Crippen LogP contribution in [0.2, 0.25) is 0 Å². The fraction of sp³-hybridized carbons (Fsp3) is 0.0909. The number of carbonyl (C=O) groups is 2. The molecule has 1 aliphatic heterocycles. The standard InChI is InChI=1S/C20H15N7OS.C2HF3O2/c28-19(17-10-22-11-23-17)24-15-3-1-2-12(6-15)18-26-20(29-27-18)25-16-5-4-13-8-21-9-14(13)7-16;3-2(4,5)1(6)7/h1-7,9-11H,8H2,(H,22,23)(H,24,28)(H,25,26,27);(H,6,7). The third-order valence-corrected chi connectivity index (χ3v) is 5.31. The summed E-state index contributed by atoms with van der Waals surface area (Å²) in [6.07, 6.45) is -0.258. The smallest absolute Gasteiger partial charge is 0.475 e. The predicted octanol–water partition coefficient (Wildman–Crippen LogP) is 4.49. The van der Waals surface area contributed by atoms with Crippen molar-refractivity contribution in [1.82, 2.24) is 19.3 Å². The topological polar surface area (TPSA) is 145 Å². The number of rotatable bonds is 5. The molecule has 0 spiro atoms. The van der Waals surface area contributed by atoms with Gasteiger partial charge in [-0.15, -0.1) is 0 Å². The summed E-state index contributed by atoms with van der Waals surface area (Å²) in [7, 11) is 0. The third kappa shape index (κ3) is 6.09. The van der Waals surface area contributed by atoms with E-state index in [1.807, 2.05) is 36.5 Å². The van der Waals surface area contributed by atoms with Crippen molar-refractivity contribution < 1.29 is 27.9 Å². The number of anilines is 3. The first kappa shape index (κ1) is 24.5. The first-order chi connectivity index (χ1) is 17.2. The number of carboxylic acid groups (broad SMARTS) is 1. The number of nitrogens with one attached hydrogen (secondary N) is 3. The lowest BCUT2D eigenvalue weighted by Crippen LogP contribution is -2.21. The van der Waals surface area contributed by atoms with Gasteiger partial charge in [0.25, 0.3) is 5.91 Å². The van der Waals surface area contributed by atoms with Gasteiger partial charge in [-0.25, -0.2) is 9.78 Å². The Kier molecular flexibility index (Phi) is 7.05. The lowest BCUT2D eigenvalue weighted by atomic mass is 10.1. The van der Waals surface area contributed by atoms with Gasteiger partial charge in [0.05, 0.1) is 19.1 Å². The Morgan fingerprint density at radius 3 is 2.64 bits per heavy atom. The van der Waals surface area contributed by atoms with Gasteiger partial charge in [0, 0.05) is 34.7 Å². The van der Waals surface area contributed by atoms with Crippen molar-refractivity contribution in [3.63, 3.8) is 0 Å². The quantitative estimate of drug-likeness (QED) is 0.306. The van der Waals surface area contributed by atoms with Gasteiger partial charge in [-0.2, -0.15) is 22.5 Å². The van der Waals surface area contributed by atoms with Crippen LogP contribution in [0.4, 0.5) is 29.7 Å². The number of hydrogen-bond donors (Lipinski definition) is 4. The second-order valence-corrected chi connectivity index (χ2v) is 7.99. The number of aromatic amines is 1. The molecule has 1 aliphatic rings. The minimum atomic E-state index is -5.08. The molecule has 0 atom stereocenters. The molecule has 2 aromatic carbocycles. The highest BCUT2D eigenvalue weighted by Gasteiger charge is 2.38. The van der Waals surface area contributed by atoms with E-state index in [1.54, 1.807) is 0 Å². The average molecular weight is 515 g/mol. The van der Waals surface area contributed by atoms with E-state index in [0.29, 0.717) is 22.3 Å². The molecule has 0 unspecified atom stereocenters. The van der Waals surface area contributed by atoms with Gasteiger partial charge < -0.3 is 20.7 Å². The van der Waals surface area contributed by atoms with Crippen LogP contribution in [0.3, 0.4) is 0 Å². The number of nitrogens with zero attached hydrogens (tertiary/aromatic N) is 4. The van der Waals surface area contributed by atoms with Crippen LogP contribution >= 0.6 is 11.5 Å². The van der Waals surface area contributed by atoms with E-state index in [2.05, 4.69) is 47.1 Å². The van der Waals surface area contributed by atoms with Crippen LogP contribution in [0.25, 0.3) is 11.4 Å². The molecule has 0 saturated heterocycles. The number of amides is 1. The van der Waals surface area contributed by atoms with Gasteiger partial charge in [0.15, 0.2) is 5.82 Å². The molecule has 14 heteroatoms. The van der Waals surface area contributed by atoms with E-state index < -0.39 is 12.1 Å². The molecule has 3 heterocycles. The van der Waals surface area contributed by atoms with E-state index in [9.17, 15) is 18.0 Å². The summed E-state index contributed by atoms with van der Waals surface area (Å²) in [5, 5.41) is 13.9. The number of halogens is 3. The Balaban J connectivity index is 0.000000384. The van der Waals surface area contributed by atoms with Gasteiger partial charge in [-0.1, -0.05) is 18.2 Å². The summed E-state index contributed by atoms with van der Waals surface area (Å²) in [4.78, 5) is 36.6. The number of aliphatic imine (C=N–C) groups is 1. The summed E-state index contributed by atoms with van der Waals surface area (Å²) in [6, 6.07) is 13.5. The zero-order valence-corrected chi connectivity index (χ0v) is 18.9. The van der Waals surface area contributed by atoms with Gasteiger partial charge >= 0.3 is 12.1 Å². The Morgan fingerprint density at radius 1 is 1.11 bits per heavy atom. The van der Waals surface area contributed by atoms with Crippen molar-refractivity contribution in [2.24, 2.45) is 4.99 Å². The Hall–Kier alpha value is -4.59. The molecule has 0 radical (unpaired) electrons. The summed E-state index contributed by atoms with van der Waals surface area (Å²) >= 11 is 1.28. The lowest BCUT2D eigenvalue weighted by Gasteiger charge is -2.05. The Bertz CT molecular complexity index is 1420. The molecule has 0 aliphatic carbocycles. The molecule has 184 valence electrons. The minimum Gasteiger partial charge on any atom is -0.475 e. The van der Waals surface area contributed by atoms with Crippen molar-refractivity contribution in [2.75, 3.05) is 10.6 Å². The van der Waals surface area contributed by atoms with E-state index in [0.717, 1.165) is 23.4 Å². The molecule has 2 aromatic heterocycles. The molecule has 5 rings (SSSR count). The maximum atomic E-state index is 12.2. The summed E-state index contributed by atoms with van der Waals surface area (Å²) in [6.45, 7) is 0.742. The van der Waals surface area contributed by atoms with Crippen LogP contribution in [-0.4, -0.2) is 48.7 Å². The molecular formula is C22H16F3N7O3S. The van der Waals surface area contributed by atoms with Crippen molar-refractivity contribution in [3.8, 4) is 11.4 Å². The van der Waals surface area contributed by atoms with Crippen LogP contribution in [0, 0.1) is 0 Å². The highest BCUT2D eigenvalue weighted by molar-refractivity contribution is 7.09. The molecule has 0 saturated carbocycles. The van der Waals surface area contributed by atoms with Gasteiger partial charge in [-0.05, 0) is 35.4 Å². The van der Waals surface area contributed by atoms with Crippen LogP contribution in [0.1, 0.15) is 21.6 Å². The summed E-state index contributed by atoms with van der Waals surface area (Å²) in [5.74, 6) is -2.42. The number of fused-ring (bicyclic) bond motifs is 1. The average Bonchev–Trinajstić information content (AvgIpc) is 3.61. The molecule has 36 heavy (non-hydrogen) atoms. The summed E-state index contributed by atoms with van der Waals surface area (Å²) < 4.78 is 36.2. The van der Waals surface area contributed by atoms with Crippen LogP contribution in [0.15, 0.2) is 60.0 Å². The highest BCUT2D eigenvalue weighted by Crippen LogP contribution is 2.27. The van der Waals surface area contributed by atoms with E-state index in [4.69, 9.17) is 9.90 Å². The highest BCUT2D eigenvalue weighted by atomic mass is 32.1. The number of imidazole rings is 1. The third-order valence-electron chi connectivity index (χ3n) is 4.68. The fourth-order valence-electron chi connectivity index (χ4n) is 3.01. The zero-order chi connectivity index (χ0) is 25.7. The number of carbonyl (C=O) groups excluding carboxylic acids is 1. The first-order valence-electron chi connectivity index (χ1n) is 10.1. The van der Waals surface area contributed by atoms with Crippen molar-refractivity contribution in [3.05, 3.63) is 71.8 Å². The number of aliphatic carboxylic acids is 1. The maximum Gasteiger partial charge on any atom is 0.490 e. The van der Waals surface area contributed by atoms with Crippen LogP contribution < -0.4 is 10.6 Å². The number of benzene rings is 2. The Morgan fingerprint density at radius 2 is 1.92 bits per heavy atom. The van der Waals surface area contributed by atoms with Crippen molar-refractivity contribution >= 4 is 46.1 Å². The molecule has 0 fully saturated rings. The molecule has 4 N–H and O–H groups in total. The number of H-pyrrole nitrogens is 1. The van der Waals surface area contributed by atoms with Crippen molar-refractivity contribution in [2.45, 2.75) is 12.7 Å². The number of carboxylic acids is 1. The predicted molar refractivity (Wildman–Crippen MR) is 127 cm³/mol. The van der Waals surface area contributed by atoms with Gasteiger partial charge in [0.1, 0.15) is 5.69 Å². The number of aromatic nitrogens is 4. The molecule has 0 bridgehead atoms. The molecule has 1 amide bonds. The Labute approximate surface area is 205 Å². The summed E-state index contributed by atoms with van der Waals surface area (Å²) in [5.41, 5.74) is 5.17. The van der Waals surface area contributed by atoms with E-state index >= 15 is 0 Å². The molecule has 10 nitrogen and oxygen atoms in total. The monoisotopic (exact) mass is 515 g/mol. The SMILES string of the molecule is O=C(Nc1cccc(-c2nsc(Nc3ccc4c(c3)C=NC4)n2)c1)c1cnc[nH]1.O=C(O)C(F)(F)F. The minimum absolute atomic E-state index is 0.256. The van der Waals surface area contributed by atoms with Gasteiger partial charge in [-0.3, -0.25) is 9.79 Å². The van der Waals surface area contributed by atoms with Crippen LogP contribution in [-0.2, 0) is 11.3 Å². The normalized spacial score (nSPS) is 11.9. The number of alkyl halides is 3. The first-order valence-corrected chi connectivity index (χ1v) is 10.9. The van der Waals surface area contributed by atoms with E-state index in [-0.39, 0.29) is 5.91 Å². The zero-order valence-electron chi connectivity index (χ0n) is 18.1. The maximum absolute atomic E-state index is 12.2. The van der Waals surface area contributed by atoms with Crippen LogP contribution in [0.5, 0.6) is 0 Å². The largest absolute Gasteiger partial charge is 0.490 e. The molecular weight excluding hydrogens is 499 g/mol. The fourth-order valence-corrected chi connectivity index (χ4v) is 3.62.